The maximum absolute atomic E-state index is 11.2. The first-order valence-corrected chi connectivity index (χ1v) is 6.61. The smallest absolute Gasteiger partial charge is 0.311 e. The Bertz CT molecular complexity index is 460. The molecule has 0 bridgehead atoms. The Morgan fingerprint density at radius 3 is 2.58 bits per heavy atom. The van der Waals surface area contributed by atoms with Gasteiger partial charge in [0.2, 0.25) is 0 Å². The fraction of sp³-hybridized carbons (Fsp3) is 0.643. The first kappa shape index (κ1) is 15.4. The third-order valence-corrected chi connectivity index (χ3v) is 3.34. The number of aromatic nitrogens is 2. The van der Waals surface area contributed by atoms with Crippen molar-refractivity contribution in [2.75, 3.05) is 11.9 Å². The van der Waals surface area contributed by atoms with Gasteiger partial charge in [-0.25, -0.2) is 9.97 Å². The van der Waals surface area contributed by atoms with Crippen LogP contribution in [0.3, 0.4) is 0 Å². The Balaban J connectivity index is 2.86. The summed E-state index contributed by atoms with van der Waals surface area (Å²) < 4.78 is 0. The van der Waals surface area contributed by atoms with Gasteiger partial charge in [0.1, 0.15) is 11.6 Å². The molecule has 0 spiro atoms. The standard InChI is InChI=1S/C14H23N3O2/c1-6-14(5,13(18)19)8-15-11-7-10(4)16-12(17-11)9(2)3/h7,9H,6,8H2,1-5H3,(H,18,19)(H,15,16,17). The molecule has 106 valence electrons. The lowest BCUT2D eigenvalue weighted by Gasteiger charge is -2.23. The van der Waals surface area contributed by atoms with Crippen molar-refractivity contribution >= 4 is 11.8 Å². The molecule has 1 atom stereocenters. The summed E-state index contributed by atoms with van der Waals surface area (Å²) in [5.41, 5.74) is 0.103. The number of hydrogen-bond acceptors (Lipinski definition) is 4. The molecule has 2 N–H and O–H groups in total. The van der Waals surface area contributed by atoms with Crippen LogP contribution >= 0.6 is 0 Å². The zero-order valence-electron chi connectivity index (χ0n) is 12.3. The van der Waals surface area contributed by atoms with E-state index in [-0.39, 0.29) is 5.92 Å². The Kier molecular flexibility index (Phi) is 4.86. The highest BCUT2D eigenvalue weighted by Gasteiger charge is 2.30. The van der Waals surface area contributed by atoms with Gasteiger partial charge in [-0.2, -0.15) is 0 Å². The van der Waals surface area contributed by atoms with Crippen LogP contribution in [0.1, 0.15) is 51.6 Å². The molecule has 1 aromatic heterocycles. The molecule has 0 amide bonds. The number of rotatable bonds is 6. The van der Waals surface area contributed by atoms with Crippen LogP contribution in [0, 0.1) is 12.3 Å². The Morgan fingerprint density at radius 1 is 1.47 bits per heavy atom. The molecule has 0 aliphatic heterocycles. The van der Waals surface area contributed by atoms with Crippen LogP contribution in [0.5, 0.6) is 0 Å². The average molecular weight is 265 g/mol. The second-order valence-corrected chi connectivity index (χ2v) is 5.48. The highest BCUT2D eigenvalue weighted by molar-refractivity contribution is 5.74. The van der Waals surface area contributed by atoms with Crippen molar-refractivity contribution in [2.24, 2.45) is 5.41 Å². The molecule has 0 fully saturated rings. The normalized spacial score (nSPS) is 14.2. The van der Waals surface area contributed by atoms with Crippen molar-refractivity contribution in [2.45, 2.75) is 47.0 Å². The van der Waals surface area contributed by atoms with Crippen LogP contribution in [-0.2, 0) is 4.79 Å². The maximum atomic E-state index is 11.2. The quantitative estimate of drug-likeness (QED) is 0.827. The van der Waals surface area contributed by atoms with E-state index in [0.29, 0.717) is 18.8 Å². The van der Waals surface area contributed by atoms with Crippen molar-refractivity contribution in [3.63, 3.8) is 0 Å². The number of anilines is 1. The predicted octanol–water partition coefficient (Wildman–Crippen LogP) is 2.82. The van der Waals surface area contributed by atoms with Gasteiger partial charge in [-0.15, -0.1) is 0 Å². The SMILES string of the molecule is CCC(C)(CNc1cc(C)nc(C(C)C)n1)C(=O)O. The van der Waals surface area contributed by atoms with Crippen LogP contribution in [-0.4, -0.2) is 27.6 Å². The molecule has 1 unspecified atom stereocenters. The molecular weight excluding hydrogens is 242 g/mol. The molecule has 1 heterocycles. The summed E-state index contributed by atoms with van der Waals surface area (Å²) in [7, 11) is 0. The molecule has 5 heteroatoms. The van der Waals surface area contributed by atoms with Gasteiger partial charge in [0.15, 0.2) is 0 Å². The summed E-state index contributed by atoms with van der Waals surface area (Å²) in [6.07, 6.45) is 0.566. The van der Waals surface area contributed by atoms with E-state index in [4.69, 9.17) is 0 Å². The zero-order chi connectivity index (χ0) is 14.6. The summed E-state index contributed by atoms with van der Waals surface area (Å²) >= 11 is 0. The fourth-order valence-corrected chi connectivity index (χ4v) is 1.58. The van der Waals surface area contributed by atoms with Gasteiger partial charge in [0.25, 0.3) is 0 Å². The van der Waals surface area contributed by atoms with Crippen molar-refractivity contribution in [1.82, 2.24) is 9.97 Å². The molecule has 1 rings (SSSR count). The number of carboxylic acid groups (broad SMARTS) is 1. The lowest BCUT2D eigenvalue weighted by atomic mass is 9.88. The van der Waals surface area contributed by atoms with Crippen LogP contribution in [0.15, 0.2) is 6.07 Å². The Labute approximate surface area is 114 Å². The predicted molar refractivity (Wildman–Crippen MR) is 75.4 cm³/mol. The lowest BCUT2D eigenvalue weighted by Crippen LogP contribution is -2.34. The molecule has 0 aliphatic rings. The maximum Gasteiger partial charge on any atom is 0.311 e. The molecular formula is C14H23N3O2. The van der Waals surface area contributed by atoms with Crippen molar-refractivity contribution in [1.29, 1.82) is 0 Å². The van der Waals surface area contributed by atoms with Crippen molar-refractivity contribution in [3.8, 4) is 0 Å². The summed E-state index contributed by atoms with van der Waals surface area (Å²) in [5.74, 6) is 0.919. The minimum Gasteiger partial charge on any atom is -0.481 e. The first-order chi connectivity index (χ1) is 8.78. The summed E-state index contributed by atoms with van der Waals surface area (Å²) in [6.45, 7) is 9.94. The number of aliphatic carboxylic acids is 1. The van der Waals surface area contributed by atoms with E-state index in [1.807, 2.05) is 33.8 Å². The Morgan fingerprint density at radius 2 is 2.11 bits per heavy atom. The molecule has 0 radical (unpaired) electrons. The van der Waals surface area contributed by atoms with Gasteiger partial charge >= 0.3 is 5.97 Å². The van der Waals surface area contributed by atoms with Crippen LogP contribution in [0.25, 0.3) is 0 Å². The molecule has 1 aromatic rings. The lowest BCUT2D eigenvalue weighted by molar-refractivity contribution is -0.147. The third kappa shape index (κ3) is 3.91. The number of nitrogens with zero attached hydrogens (tertiary/aromatic N) is 2. The van der Waals surface area contributed by atoms with Gasteiger partial charge in [0.05, 0.1) is 5.41 Å². The zero-order valence-corrected chi connectivity index (χ0v) is 12.3. The topological polar surface area (TPSA) is 75.1 Å². The Hall–Kier alpha value is -1.65. The van der Waals surface area contributed by atoms with E-state index in [0.717, 1.165) is 11.5 Å². The van der Waals surface area contributed by atoms with Crippen LogP contribution in [0.2, 0.25) is 0 Å². The number of aryl methyl sites for hydroxylation is 1. The first-order valence-electron chi connectivity index (χ1n) is 6.61. The van der Waals surface area contributed by atoms with Gasteiger partial charge in [0, 0.05) is 24.2 Å². The minimum absolute atomic E-state index is 0.248. The van der Waals surface area contributed by atoms with E-state index < -0.39 is 11.4 Å². The van der Waals surface area contributed by atoms with E-state index in [2.05, 4.69) is 15.3 Å². The van der Waals surface area contributed by atoms with Gasteiger partial charge in [-0.05, 0) is 20.3 Å². The second kappa shape index (κ2) is 5.99. The highest BCUT2D eigenvalue weighted by Crippen LogP contribution is 2.22. The molecule has 0 saturated carbocycles. The second-order valence-electron chi connectivity index (χ2n) is 5.48. The molecule has 0 aliphatic carbocycles. The molecule has 0 saturated heterocycles. The van der Waals surface area contributed by atoms with E-state index in [1.165, 1.54) is 0 Å². The molecule has 19 heavy (non-hydrogen) atoms. The number of hydrogen-bond donors (Lipinski definition) is 2. The van der Waals surface area contributed by atoms with E-state index >= 15 is 0 Å². The van der Waals surface area contributed by atoms with Crippen LogP contribution in [0.4, 0.5) is 5.82 Å². The fourth-order valence-electron chi connectivity index (χ4n) is 1.58. The van der Waals surface area contributed by atoms with Crippen LogP contribution < -0.4 is 5.32 Å². The molecule has 0 aromatic carbocycles. The number of nitrogens with one attached hydrogen (secondary N) is 1. The number of carbonyl (C=O) groups is 1. The largest absolute Gasteiger partial charge is 0.481 e. The summed E-state index contributed by atoms with van der Waals surface area (Å²) in [6, 6.07) is 1.84. The highest BCUT2D eigenvalue weighted by atomic mass is 16.4. The van der Waals surface area contributed by atoms with E-state index in [9.17, 15) is 9.90 Å². The minimum atomic E-state index is -0.794. The molecule has 5 nitrogen and oxygen atoms in total. The van der Waals surface area contributed by atoms with Gasteiger partial charge in [-0.1, -0.05) is 20.8 Å². The average Bonchev–Trinajstić information content (AvgIpc) is 2.35. The number of carboxylic acids is 1. The van der Waals surface area contributed by atoms with Gasteiger partial charge in [-0.3, -0.25) is 4.79 Å². The summed E-state index contributed by atoms with van der Waals surface area (Å²) in [5, 5.41) is 12.4. The van der Waals surface area contributed by atoms with Gasteiger partial charge < -0.3 is 10.4 Å². The monoisotopic (exact) mass is 265 g/mol. The van der Waals surface area contributed by atoms with Crippen molar-refractivity contribution in [3.05, 3.63) is 17.6 Å². The van der Waals surface area contributed by atoms with Crippen molar-refractivity contribution < 1.29 is 9.90 Å². The third-order valence-electron chi connectivity index (χ3n) is 3.34. The van der Waals surface area contributed by atoms with E-state index in [1.54, 1.807) is 6.92 Å². The summed E-state index contributed by atoms with van der Waals surface area (Å²) in [4.78, 5) is 20.0.